The lowest BCUT2D eigenvalue weighted by molar-refractivity contribution is -0.111. The molecule has 2 rings (SSSR count). The second-order valence-electron chi connectivity index (χ2n) is 4.16. The minimum absolute atomic E-state index is 0.144. The lowest BCUT2D eigenvalue weighted by atomic mass is 10.1. The molecule has 98 valence electrons. The summed E-state index contributed by atoms with van der Waals surface area (Å²) >= 11 is 1.57. The summed E-state index contributed by atoms with van der Waals surface area (Å²) in [5.41, 5.74) is 2.88. The van der Waals surface area contributed by atoms with Crippen LogP contribution in [-0.4, -0.2) is 10.9 Å². The molecule has 0 bridgehead atoms. The van der Waals surface area contributed by atoms with Crippen molar-refractivity contribution in [3.05, 3.63) is 52.0 Å². The molecular weight excluding hydrogens is 256 g/mol. The molecule has 0 aliphatic heterocycles. The maximum absolute atomic E-state index is 11.7. The fourth-order valence-corrected chi connectivity index (χ4v) is 2.21. The Morgan fingerprint density at radius 2 is 2.11 bits per heavy atom. The van der Waals surface area contributed by atoms with Crippen molar-refractivity contribution in [2.24, 2.45) is 0 Å². The van der Waals surface area contributed by atoms with Gasteiger partial charge in [-0.2, -0.15) is 0 Å². The molecule has 0 aliphatic rings. The van der Waals surface area contributed by atoms with Crippen LogP contribution >= 0.6 is 11.3 Å². The van der Waals surface area contributed by atoms with E-state index in [9.17, 15) is 4.79 Å². The first-order valence-electron chi connectivity index (χ1n) is 6.17. The van der Waals surface area contributed by atoms with Gasteiger partial charge in [0.25, 0.3) is 0 Å². The van der Waals surface area contributed by atoms with Crippen molar-refractivity contribution in [3.8, 4) is 0 Å². The van der Waals surface area contributed by atoms with Gasteiger partial charge in [-0.05, 0) is 37.1 Å². The summed E-state index contributed by atoms with van der Waals surface area (Å²) < 4.78 is 0. The maximum atomic E-state index is 11.7. The van der Waals surface area contributed by atoms with Crippen molar-refractivity contribution in [1.29, 1.82) is 0 Å². The largest absolute Gasteiger partial charge is 0.323 e. The fraction of sp³-hybridized carbons (Fsp3) is 0.200. The van der Waals surface area contributed by atoms with Crippen LogP contribution in [0.25, 0.3) is 6.08 Å². The number of thiazole rings is 1. The van der Waals surface area contributed by atoms with Gasteiger partial charge in [0, 0.05) is 17.1 Å². The molecule has 1 aromatic carbocycles. The Bertz CT molecular complexity index is 584. The molecule has 1 amide bonds. The van der Waals surface area contributed by atoms with Crippen molar-refractivity contribution >= 4 is 29.0 Å². The predicted molar refractivity (Wildman–Crippen MR) is 80.3 cm³/mol. The van der Waals surface area contributed by atoms with Crippen molar-refractivity contribution in [2.45, 2.75) is 20.3 Å². The lowest BCUT2D eigenvalue weighted by Gasteiger charge is -2.02. The molecule has 0 saturated heterocycles. The van der Waals surface area contributed by atoms with Gasteiger partial charge in [-0.25, -0.2) is 4.98 Å². The van der Waals surface area contributed by atoms with Crippen LogP contribution in [0.1, 0.15) is 23.2 Å². The first-order chi connectivity index (χ1) is 9.17. The number of benzene rings is 1. The number of amides is 1. The second kappa shape index (κ2) is 6.29. The lowest BCUT2D eigenvalue weighted by Crippen LogP contribution is -2.07. The molecule has 0 fully saturated rings. The molecule has 0 unspecified atom stereocenters. The van der Waals surface area contributed by atoms with Gasteiger partial charge >= 0.3 is 0 Å². The average Bonchev–Trinajstić information content (AvgIpc) is 2.83. The summed E-state index contributed by atoms with van der Waals surface area (Å²) in [6.45, 7) is 4.05. The summed E-state index contributed by atoms with van der Waals surface area (Å²) in [5.74, 6) is -0.144. The molecule has 1 aromatic heterocycles. The van der Waals surface area contributed by atoms with Crippen LogP contribution in [0.5, 0.6) is 0 Å². The summed E-state index contributed by atoms with van der Waals surface area (Å²) in [6, 6.07) is 7.86. The van der Waals surface area contributed by atoms with Gasteiger partial charge in [0.1, 0.15) is 0 Å². The van der Waals surface area contributed by atoms with Crippen molar-refractivity contribution in [2.75, 3.05) is 5.32 Å². The van der Waals surface area contributed by atoms with E-state index in [1.165, 1.54) is 11.6 Å². The molecule has 4 heteroatoms. The number of nitrogens with one attached hydrogen (secondary N) is 1. The SMILES string of the molecule is CCc1ccc(NC(=O)C=Cc2csc(C)n2)cc1. The van der Waals surface area contributed by atoms with Crippen LogP contribution in [0.3, 0.4) is 0 Å². The molecule has 2 aromatic rings. The first kappa shape index (κ1) is 13.5. The van der Waals surface area contributed by atoms with Crippen LogP contribution < -0.4 is 5.32 Å². The highest BCUT2D eigenvalue weighted by molar-refractivity contribution is 7.09. The minimum atomic E-state index is -0.144. The molecule has 0 saturated carbocycles. The highest BCUT2D eigenvalue weighted by Crippen LogP contribution is 2.11. The predicted octanol–water partition coefficient (Wildman–Crippen LogP) is 3.67. The van der Waals surface area contributed by atoms with Crippen LogP contribution in [0.4, 0.5) is 5.69 Å². The Hall–Kier alpha value is -1.94. The zero-order valence-corrected chi connectivity index (χ0v) is 11.8. The van der Waals surface area contributed by atoms with Crippen molar-refractivity contribution in [1.82, 2.24) is 4.98 Å². The third kappa shape index (κ3) is 4.03. The monoisotopic (exact) mass is 272 g/mol. The zero-order chi connectivity index (χ0) is 13.7. The van der Waals surface area contributed by atoms with Crippen LogP contribution in [0.15, 0.2) is 35.7 Å². The Balaban J connectivity index is 1.95. The molecule has 1 N–H and O–H groups in total. The minimum Gasteiger partial charge on any atom is -0.323 e. The standard InChI is InChI=1S/C15H16N2OS/c1-3-12-4-6-13(7-5-12)17-15(18)9-8-14-10-19-11(2)16-14/h4-10H,3H2,1-2H3,(H,17,18). The third-order valence-electron chi connectivity index (χ3n) is 2.67. The summed E-state index contributed by atoms with van der Waals surface area (Å²) in [6.07, 6.45) is 4.22. The Kier molecular flexibility index (Phi) is 4.47. The number of anilines is 1. The quantitative estimate of drug-likeness (QED) is 0.863. The highest BCUT2D eigenvalue weighted by Gasteiger charge is 1.99. The molecule has 0 spiro atoms. The number of aryl methyl sites for hydroxylation is 2. The van der Waals surface area contributed by atoms with Crippen LogP contribution in [0.2, 0.25) is 0 Å². The number of rotatable bonds is 4. The van der Waals surface area contributed by atoms with Gasteiger partial charge in [0.15, 0.2) is 0 Å². The number of hydrogen-bond acceptors (Lipinski definition) is 3. The van der Waals surface area contributed by atoms with Gasteiger partial charge in [0.05, 0.1) is 10.7 Å². The van der Waals surface area contributed by atoms with E-state index in [-0.39, 0.29) is 5.91 Å². The first-order valence-corrected chi connectivity index (χ1v) is 7.05. The Morgan fingerprint density at radius 1 is 1.37 bits per heavy atom. The zero-order valence-electron chi connectivity index (χ0n) is 11.0. The van der Waals surface area contributed by atoms with Gasteiger partial charge in [-0.3, -0.25) is 4.79 Å². The third-order valence-corrected chi connectivity index (χ3v) is 3.46. The molecule has 1 heterocycles. The summed E-state index contributed by atoms with van der Waals surface area (Å²) in [5, 5.41) is 5.74. The molecule has 0 aliphatic carbocycles. The van der Waals surface area contributed by atoms with Gasteiger partial charge in [-0.15, -0.1) is 11.3 Å². The van der Waals surface area contributed by atoms with E-state index in [1.54, 1.807) is 17.4 Å². The topological polar surface area (TPSA) is 42.0 Å². The number of hydrogen-bond donors (Lipinski definition) is 1. The van der Waals surface area contributed by atoms with Crippen LogP contribution in [-0.2, 0) is 11.2 Å². The van der Waals surface area contributed by atoms with E-state index in [1.807, 2.05) is 36.6 Å². The van der Waals surface area contributed by atoms with E-state index in [0.717, 1.165) is 22.8 Å². The molecule has 19 heavy (non-hydrogen) atoms. The molecular formula is C15H16N2OS. The van der Waals surface area contributed by atoms with Gasteiger partial charge in [0.2, 0.25) is 5.91 Å². The number of nitrogens with zero attached hydrogens (tertiary/aromatic N) is 1. The Labute approximate surface area is 117 Å². The Morgan fingerprint density at radius 3 is 2.68 bits per heavy atom. The summed E-state index contributed by atoms with van der Waals surface area (Å²) in [7, 11) is 0. The number of carbonyl (C=O) groups is 1. The smallest absolute Gasteiger partial charge is 0.248 e. The number of carbonyl (C=O) groups excluding carboxylic acids is 1. The molecule has 3 nitrogen and oxygen atoms in total. The molecule has 0 atom stereocenters. The van der Waals surface area contributed by atoms with E-state index in [4.69, 9.17) is 0 Å². The average molecular weight is 272 g/mol. The summed E-state index contributed by atoms with van der Waals surface area (Å²) in [4.78, 5) is 16.0. The van der Waals surface area contributed by atoms with E-state index >= 15 is 0 Å². The van der Waals surface area contributed by atoms with Gasteiger partial charge < -0.3 is 5.32 Å². The van der Waals surface area contributed by atoms with Crippen LogP contribution in [0, 0.1) is 6.92 Å². The van der Waals surface area contributed by atoms with E-state index in [2.05, 4.69) is 17.2 Å². The maximum Gasteiger partial charge on any atom is 0.248 e. The van der Waals surface area contributed by atoms with Gasteiger partial charge in [-0.1, -0.05) is 19.1 Å². The van der Waals surface area contributed by atoms with Crippen molar-refractivity contribution < 1.29 is 4.79 Å². The van der Waals surface area contributed by atoms with Crippen molar-refractivity contribution in [3.63, 3.8) is 0 Å². The highest BCUT2D eigenvalue weighted by atomic mass is 32.1. The molecule has 0 radical (unpaired) electrons. The van der Waals surface area contributed by atoms with E-state index < -0.39 is 0 Å². The van der Waals surface area contributed by atoms with E-state index in [0.29, 0.717) is 0 Å². The number of aromatic nitrogens is 1. The fourth-order valence-electron chi connectivity index (χ4n) is 1.63. The second-order valence-corrected chi connectivity index (χ2v) is 5.23. The normalized spacial score (nSPS) is 10.8.